The standard InChI is InChI=1S/C20H28N4O/c1-16(24-12-10-18-8-4-5-9-19(18)15-24)20(25)22(2)11-6-7-17-13-21-23(3)14-17/h4-5,8-9,13-14,16H,6-7,10-12,15H2,1-3H3. The van der Waals surface area contributed by atoms with E-state index in [0.717, 1.165) is 38.9 Å². The summed E-state index contributed by atoms with van der Waals surface area (Å²) in [6, 6.07) is 8.48. The van der Waals surface area contributed by atoms with Crippen LogP contribution in [0.4, 0.5) is 0 Å². The molecule has 25 heavy (non-hydrogen) atoms. The van der Waals surface area contributed by atoms with Gasteiger partial charge in [0, 0.05) is 39.9 Å². The monoisotopic (exact) mass is 340 g/mol. The Balaban J connectivity index is 1.50. The van der Waals surface area contributed by atoms with Gasteiger partial charge in [-0.3, -0.25) is 14.4 Å². The van der Waals surface area contributed by atoms with Crippen molar-refractivity contribution in [2.45, 2.75) is 38.8 Å². The maximum absolute atomic E-state index is 12.8. The zero-order valence-corrected chi connectivity index (χ0v) is 15.5. The number of rotatable bonds is 6. The van der Waals surface area contributed by atoms with Gasteiger partial charge in [0.1, 0.15) is 0 Å². The van der Waals surface area contributed by atoms with Crippen molar-refractivity contribution in [1.29, 1.82) is 0 Å². The molecular weight excluding hydrogens is 312 g/mol. The fraction of sp³-hybridized carbons (Fsp3) is 0.500. The Labute approximate surface area is 150 Å². The number of likely N-dealkylation sites (N-methyl/N-ethyl adjacent to an activating group) is 1. The smallest absolute Gasteiger partial charge is 0.239 e. The highest BCUT2D eigenvalue weighted by molar-refractivity contribution is 5.81. The second kappa shape index (κ2) is 7.83. The molecule has 1 aliphatic rings. The van der Waals surface area contributed by atoms with E-state index in [9.17, 15) is 4.79 Å². The molecule has 2 heterocycles. The van der Waals surface area contributed by atoms with E-state index in [-0.39, 0.29) is 11.9 Å². The van der Waals surface area contributed by atoms with Crippen molar-refractivity contribution in [2.24, 2.45) is 7.05 Å². The third-order valence-corrected chi connectivity index (χ3v) is 5.16. The zero-order chi connectivity index (χ0) is 17.8. The summed E-state index contributed by atoms with van der Waals surface area (Å²) in [6.07, 6.45) is 6.88. The molecule has 1 unspecified atom stereocenters. The lowest BCUT2D eigenvalue weighted by molar-refractivity contribution is -0.135. The van der Waals surface area contributed by atoms with Gasteiger partial charge in [-0.15, -0.1) is 0 Å². The molecule has 5 nitrogen and oxygen atoms in total. The molecule has 0 bridgehead atoms. The Hall–Kier alpha value is -2.14. The maximum Gasteiger partial charge on any atom is 0.239 e. The average Bonchev–Trinajstić information content (AvgIpc) is 3.05. The van der Waals surface area contributed by atoms with E-state index in [0.29, 0.717) is 0 Å². The van der Waals surface area contributed by atoms with Crippen LogP contribution in [0.2, 0.25) is 0 Å². The third-order valence-electron chi connectivity index (χ3n) is 5.16. The van der Waals surface area contributed by atoms with E-state index in [2.05, 4.69) is 34.3 Å². The van der Waals surface area contributed by atoms with Crippen LogP contribution in [0.3, 0.4) is 0 Å². The molecule has 1 amide bonds. The van der Waals surface area contributed by atoms with Gasteiger partial charge in [0.15, 0.2) is 0 Å². The highest BCUT2D eigenvalue weighted by Gasteiger charge is 2.26. The van der Waals surface area contributed by atoms with E-state index < -0.39 is 0 Å². The first-order valence-corrected chi connectivity index (χ1v) is 9.08. The van der Waals surface area contributed by atoms with Crippen molar-refractivity contribution in [3.8, 4) is 0 Å². The number of hydrogen-bond donors (Lipinski definition) is 0. The van der Waals surface area contributed by atoms with Crippen LogP contribution < -0.4 is 0 Å². The highest BCUT2D eigenvalue weighted by atomic mass is 16.2. The molecular formula is C20H28N4O. The predicted octanol–water partition coefficient (Wildman–Crippen LogP) is 2.26. The van der Waals surface area contributed by atoms with Gasteiger partial charge >= 0.3 is 0 Å². The van der Waals surface area contributed by atoms with Gasteiger partial charge in [-0.2, -0.15) is 5.10 Å². The summed E-state index contributed by atoms with van der Waals surface area (Å²) in [6.45, 7) is 4.64. The topological polar surface area (TPSA) is 41.4 Å². The van der Waals surface area contributed by atoms with Gasteiger partial charge in [0.05, 0.1) is 12.2 Å². The number of aromatic nitrogens is 2. The number of fused-ring (bicyclic) bond motifs is 1. The third kappa shape index (κ3) is 4.28. The molecule has 0 spiro atoms. The van der Waals surface area contributed by atoms with Crippen LogP contribution in [0.1, 0.15) is 30.0 Å². The summed E-state index contributed by atoms with van der Waals surface area (Å²) in [7, 11) is 3.84. The van der Waals surface area contributed by atoms with Gasteiger partial charge in [-0.1, -0.05) is 24.3 Å². The van der Waals surface area contributed by atoms with E-state index >= 15 is 0 Å². The van der Waals surface area contributed by atoms with Crippen LogP contribution in [0.5, 0.6) is 0 Å². The maximum atomic E-state index is 12.8. The zero-order valence-electron chi connectivity index (χ0n) is 15.5. The molecule has 5 heteroatoms. The summed E-state index contributed by atoms with van der Waals surface area (Å²) in [5.74, 6) is 0.213. The van der Waals surface area contributed by atoms with Crippen molar-refractivity contribution < 1.29 is 4.79 Å². The lowest BCUT2D eigenvalue weighted by atomic mass is 9.98. The van der Waals surface area contributed by atoms with Crippen LogP contribution in [0, 0.1) is 0 Å². The lowest BCUT2D eigenvalue weighted by Gasteiger charge is -2.34. The quantitative estimate of drug-likeness (QED) is 0.810. The van der Waals surface area contributed by atoms with Crippen LogP contribution in [0.25, 0.3) is 0 Å². The molecule has 3 rings (SSSR count). The Kier molecular flexibility index (Phi) is 5.53. The molecule has 0 saturated heterocycles. The van der Waals surface area contributed by atoms with E-state index in [1.807, 2.05) is 43.0 Å². The van der Waals surface area contributed by atoms with Crippen molar-refractivity contribution >= 4 is 5.91 Å². The number of hydrogen-bond acceptors (Lipinski definition) is 3. The average molecular weight is 340 g/mol. The van der Waals surface area contributed by atoms with Crippen molar-refractivity contribution in [3.05, 3.63) is 53.3 Å². The SMILES string of the molecule is CC(C(=O)N(C)CCCc1cnn(C)c1)N1CCc2ccccc2C1. The minimum atomic E-state index is -0.0725. The first kappa shape index (κ1) is 17.7. The normalized spacial score (nSPS) is 15.6. The Morgan fingerprint density at radius 2 is 2.08 bits per heavy atom. The van der Waals surface area contributed by atoms with Crippen molar-refractivity contribution in [1.82, 2.24) is 19.6 Å². The summed E-state index contributed by atoms with van der Waals surface area (Å²) in [5.41, 5.74) is 4.00. The molecule has 2 aromatic rings. The lowest BCUT2D eigenvalue weighted by Crippen LogP contribution is -2.47. The molecule has 0 aliphatic carbocycles. The second-order valence-electron chi connectivity index (χ2n) is 7.05. The summed E-state index contributed by atoms with van der Waals surface area (Å²) in [4.78, 5) is 16.9. The number of carbonyl (C=O) groups is 1. The first-order chi connectivity index (χ1) is 12.0. The number of benzene rings is 1. The number of nitrogens with zero attached hydrogens (tertiary/aromatic N) is 4. The molecule has 0 radical (unpaired) electrons. The van der Waals surface area contributed by atoms with Crippen molar-refractivity contribution in [3.63, 3.8) is 0 Å². The van der Waals surface area contributed by atoms with Gasteiger partial charge in [-0.05, 0) is 42.9 Å². The minimum Gasteiger partial charge on any atom is -0.344 e. The Bertz CT molecular complexity index is 724. The van der Waals surface area contributed by atoms with Gasteiger partial charge in [0.25, 0.3) is 0 Å². The van der Waals surface area contributed by atoms with Crippen molar-refractivity contribution in [2.75, 3.05) is 20.1 Å². The number of aryl methyl sites for hydroxylation is 2. The van der Waals surface area contributed by atoms with Crippen LogP contribution in [0.15, 0.2) is 36.7 Å². The molecule has 1 aliphatic heterocycles. The molecule has 1 aromatic heterocycles. The Morgan fingerprint density at radius 3 is 2.80 bits per heavy atom. The van der Waals surface area contributed by atoms with Gasteiger partial charge < -0.3 is 4.90 Å². The first-order valence-electron chi connectivity index (χ1n) is 9.08. The molecule has 0 fully saturated rings. The minimum absolute atomic E-state index is 0.0725. The van der Waals surface area contributed by atoms with Gasteiger partial charge in [0.2, 0.25) is 5.91 Å². The molecule has 0 N–H and O–H groups in total. The fourth-order valence-corrected chi connectivity index (χ4v) is 3.55. The second-order valence-corrected chi connectivity index (χ2v) is 7.05. The van der Waals surface area contributed by atoms with E-state index in [4.69, 9.17) is 0 Å². The van der Waals surface area contributed by atoms with E-state index in [1.54, 1.807) is 0 Å². The molecule has 0 saturated carbocycles. The molecule has 134 valence electrons. The van der Waals surface area contributed by atoms with Crippen LogP contribution in [-0.2, 0) is 31.2 Å². The number of amides is 1. The Morgan fingerprint density at radius 1 is 1.32 bits per heavy atom. The van der Waals surface area contributed by atoms with E-state index in [1.165, 1.54) is 16.7 Å². The molecule has 1 aromatic carbocycles. The van der Waals surface area contributed by atoms with Gasteiger partial charge in [-0.25, -0.2) is 0 Å². The van der Waals surface area contributed by atoms with Crippen LogP contribution >= 0.6 is 0 Å². The summed E-state index contributed by atoms with van der Waals surface area (Å²) >= 11 is 0. The number of carbonyl (C=O) groups excluding carboxylic acids is 1. The van der Waals surface area contributed by atoms with Crippen LogP contribution in [-0.4, -0.2) is 51.7 Å². The fourth-order valence-electron chi connectivity index (χ4n) is 3.55. The highest BCUT2D eigenvalue weighted by Crippen LogP contribution is 2.20. The predicted molar refractivity (Wildman–Crippen MR) is 99.2 cm³/mol. The largest absolute Gasteiger partial charge is 0.344 e. The summed E-state index contributed by atoms with van der Waals surface area (Å²) in [5, 5.41) is 4.19. The summed E-state index contributed by atoms with van der Waals surface area (Å²) < 4.78 is 1.82. The molecule has 1 atom stereocenters.